The molecule has 0 N–H and O–H groups in total. The standard InChI is InChI=1S/C22H22O4/c1-21(2)16-11-17(22(3,20(21)25)12-18(16)23)19(24)26-15-9-8-13-6-4-5-7-14(13)10-15/h4-10,16-17H,11-12H2,1-3H3/t16-,17+,22-/m0/s1. The van der Waals surface area contributed by atoms with Crippen LogP contribution in [0.4, 0.5) is 0 Å². The molecule has 134 valence electrons. The first-order valence-corrected chi connectivity index (χ1v) is 9.01. The largest absolute Gasteiger partial charge is 0.426 e. The molecule has 2 aromatic carbocycles. The van der Waals surface area contributed by atoms with E-state index >= 15 is 0 Å². The molecule has 0 heterocycles. The first-order chi connectivity index (χ1) is 12.2. The van der Waals surface area contributed by atoms with Crippen molar-refractivity contribution in [3.63, 3.8) is 0 Å². The summed E-state index contributed by atoms with van der Waals surface area (Å²) in [6.07, 6.45) is 0.526. The lowest BCUT2D eigenvalue weighted by Crippen LogP contribution is -2.62. The van der Waals surface area contributed by atoms with E-state index in [2.05, 4.69) is 0 Å². The minimum Gasteiger partial charge on any atom is -0.426 e. The third-order valence-corrected chi connectivity index (χ3v) is 6.37. The van der Waals surface area contributed by atoms with Gasteiger partial charge in [0.15, 0.2) is 0 Å². The molecule has 3 fully saturated rings. The van der Waals surface area contributed by atoms with Crippen molar-refractivity contribution >= 4 is 28.3 Å². The molecule has 0 aromatic heterocycles. The molecule has 4 heteroatoms. The summed E-state index contributed by atoms with van der Waals surface area (Å²) in [6.45, 7) is 5.39. The quantitative estimate of drug-likeness (QED) is 0.608. The average molecular weight is 350 g/mol. The maximum absolute atomic E-state index is 13.0. The van der Waals surface area contributed by atoms with Gasteiger partial charge in [0.1, 0.15) is 17.3 Å². The minimum atomic E-state index is -0.969. The number of hydrogen-bond acceptors (Lipinski definition) is 4. The van der Waals surface area contributed by atoms with Crippen LogP contribution in [0.3, 0.4) is 0 Å². The lowest BCUT2D eigenvalue weighted by molar-refractivity contribution is -0.175. The Morgan fingerprint density at radius 3 is 2.46 bits per heavy atom. The van der Waals surface area contributed by atoms with E-state index in [0.717, 1.165) is 10.8 Å². The van der Waals surface area contributed by atoms with E-state index in [1.807, 2.05) is 50.2 Å². The van der Waals surface area contributed by atoms with Crippen molar-refractivity contribution in [2.45, 2.75) is 33.6 Å². The van der Waals surface area contributed by atoms with Crippen LogP contribution in [-0.4, -0.2) is 17.5 Å². The van der Waals surface area contributed by atoms with Crippen LogP contribution in [0.25, 0.3) is 10.8 Å². The summed E-state index contributed by atoms with van der Waals surface area (Å²) < 4.78 is 5.63. The minimum absolute atomic E-state index is 0.00121. The van der Waals surface area contributed by atoms with Crippen LogP contribution in [-0.2, 0) is 14.4 Å². The molecule has 4 nitrogen and oxygen atoms in total. The highest BCUT2D eigenvalue weighted by molar-refractivity contribution is 6.06. The number of fused-ring (bicyclic) bond motifs is 4. The summed E-state index contributed by atoms with van der Waals surface area (Å²) in [5.74, 6) is -0.822. The summed E-state index contributed by atoms with van der Waals surface area (Å²) in [5.41, 5.74) is -1.67. The number of Topliss-reactive ketones (excluding diaryl/α,β-unsaturated/α-hetero) is 2. The molecule has 5 rings (SSSR count). The molecule has 3 atom stereocenters. The molecule has 2 aromatic rings. The number of hydrogen-bond donors (Lipinski definition) is 0. The lowest BCUT2D eigenvalue weighted by Gasteiger charge is -2.54. The zero-order valence-corrected chi connectivity index (χ0v) is 15.2. The summed E-state index contributed by atoms with van der Waals surface area (Å²) in [4.78, 5) is 38.2. The first kappa shape index (κ1) is 17.0. The Hall–Kier alpha value is -2.49. The predicted molar refractivity (Wildman–Crippen MR) is 97.7 cm³/mol. The van der Waals surface area contributed by atoms with E-state index in [0.29, 0.717) is 12.2 Å². The molecule has 0 aliphatic heterocycles. The second-order valence-corrected chi connectivity index (χ2v) is 8.38. The maximum Gasteiger partial charge on any atom is 0.315 e. The van der Waals surface area contributed by atoms with Crippen molar-refractivity contribution in [2.24, 2.45) is 22.7 Å². The van der Waals surface area contributed by atoms with Gasteiger partial charge in [0, 0.05) is 23.2 Å². The van der Waals surface area contributed by atoms with Gasteiger partial charge in [-0.05, 0) is 29.3 Å². The zero-order valence-electron chi connectivity index (χ0n) is 15.2. The van der Waals surface area contributed by atoms with Gasteiger partial charge in [-0.15, -0.1) is 0 Å². The third kappa shape index (κ3) is 2.32. The second kappa shape index (κ2) is 5.50. The van der Waals surface area contributed by atoms with Crippen molar-refractivity contribution in [2.75, 3.05) is 0 Å². The molecule has 0 saturated heterocycles. The van der Waals surface area contributed by atoms with Crippen LogP contribution in [0.15, 0.2) is 42.5 Å². The van der Waals surface area contributed by atoms with Crippen LogP contribution >= 0.6 is 0 Å². The van der Waals surface area contributed by atoms with Crippen molar-refractivity contribution in [3.05, 3.63) is 42.5 Å². The molecule has 2 bridgehead atoms. The summed E-state index contributed by atoms with van der Waals surface area (Å²) >= 11 is 0. The smallest absolute Gasteiger partial charge is 0.315 e. The zero-order chi connectivity index (χ0) is 18.7. The molecule has 3 saturated carbocycles. The highest BCUT2D eigenvalue weighted by Crippen LogP contribution is 2.57. The highest BCUT2D eigenvalue weighted by Gasteiger charge is 2.64. The summed E-state index contributed by atoms with van der Waals surface area (Å²) in [7, 11) is 0. The van der Waals surface area contributed by atoms with Gasteiger partial charge >= 0.3 is 5.97 Å². The highest BCUT2D eigenvalue weighted by atomic mass is 16.5. The topological polar surface area (TPSA) is 60.4 Å². The number of ketones is 2. The molecule has 3 aliphatic rings. The Morgan fingerprint density at radius 1 is 1.04 bits per heavy atom. The molecule has 0 spiro atoms. The van der Waals surface area contributed by atoms with Crippen molar-refractivity contribution in [1.29, 1.82) is 0 Å². The van der Waals surface area contributed by atoms with Crippen LogP contribution in [0, 0.1) is 22.7 Å². The normalized spacial score (nSPS) is 29.8. The van der Waals surface area contributed by atoms with Gasteiger partial charge in [0.25, 0.3) is 0 Å². The van der Waals surface area contributed by atoms with Crippen LogP contribution in [0.5, 0.6) is 5.75 Å². The second-order valence-electron chi connectivity index (χ2n) is 8.38. The maximum atomic E-state index is 13.0. The molecule has 0 amide bonds. The van der Waals surface area contributed by atoms with Gasteiger partial charge in [-0.25, -0.2) is 0 Å². The van der Waals surface area contributed by atoms with Gasteiger partial charge in [-0.3, -0.25) is 14.4 Å². The Balaban J connectivity index is 1.62. The lowest BCUT2D eigenvalue weighted by atomic mass is 9.46. The molecule has 26 heavy (non-hydrogen) atoms. The Kier molecular flexibility index (Phi) is 3.59. The van der Waals surface area contributed by atoms with E-state index in [4.69, 9.17) is 4.74 Å². The fourth-order valence-corrected chi connectivity index (χ4v) is 4.84. The number of carbonyl (C=O) groups excluding carboxylic acids is 3. The Bertz CT molecular complexity index is 942. The van der Waals surface area contributed by atoms with E-state index in [1.165, 1.54) is 0 Å². The number of rotatable bonds is 2. The van der Waals surface area contributed by atoms with Crippen molar-refractivity contribution < 1.29 is 19.1 Å². The molecular formula is C22H22O4. The fourth-order valence-electron chi connectivity index (χ4n) is 4.84. The van der Waals surface area contributed by atoms with E-state index in [-0.39, 0.29) is 18.0 Å². The Morgan fingerprint density at radius 2 is 1.73 bits per heavy atom. The molecular weight excluding hydrogens is 328 g/mol. The number of ether oxygens (including phenoxy) is 1. The van der Waals surface area contributed by atoms with E-state index < -0.39 is 28.6 Å². The molecule has 3 aliphatic carbocycles. The third-order valence-electron chi connectivity index (χ3n) is 6.37. The summed E-state index contributed by atoms with van der Waals surface area (Å²) in [6, 6.07) is 13.3. The number of esters is 1. The van der Waals surface area contributed by atoms with Gasteiger partial charge in [-0.2, -0.15) is 0 Å². The molecule has 0 unspecified atom stereocenters. The summed E-state index contributed by atoms with van der Waals surface area (Å²) in [5, 5.41) is 2.06. The molecule has 0 radical (unpaired) electrons. The first-order valence-electron chi connectivity index (χ1n) is 9.01. The number of carbonyl (C=O) groups is 3. The fraction of sp³-hybridized carbons (Fsp3) is 0.409. The van der Waals surface area contributed by atoms with E-state index in [9.17, 15) is 14.4 Å². The van der Waals surface area contributed by atoms with Gasteiger partial charge in [0.05, 0.1) is 5.92 Å². The van der Waals surface area contributed by atoms with Crippen LogP contribution in [0.2, 0.25) is 0 Å². The van der Waals surface area contributed by atoms with Gasteiger partial charge in [0.2, 0.25) is 0 Å². The van der Waals surface area contributed by atoms with Gasteiger partial charge < -0.3 is 4.74 Å². The predicted octanol–water partition coefficient (Wildman–Crippen LogP) is 3.96. The van der Waals surface area contributed by atoms with Crippen LogP contribution in [0.1, 0.15) is 33.6 Å². The van der Waals surface area contributed by atoms with Crippen molar-refractivity contribution in [3.8, 4) is 5.75 Å². The monoisotopic (exact) mass is 350 g/mol. The van der Waals surface area contributed by atoms with Gasteiger partial charge in [-0.1, -0.05) is 51.1 Å². The Labute approximate surface area is 152 Å². The average Bonchev–Trinajstić information content (AvgIpc) is 2.59. The number of benzene rings is 2. The SMILES string of the molecule is CC1(C)C(=O)[C@@]2(C)CC(=O)[C@@H]1C[C@@H]2C(=O)Oc1ccc2ccccc2c1. The van der Waals surface area contributed by atoms with E-state index in [1.54, 1.807) is 13.0 Å². The van der Waals surface area contributed by atoms with Crippen LogP contribution < -0.4 is 4.74 Å². The van der Waals surface area contributed by atoms with Crippen molar-refractivity contribution in [1.82, 2.24) is 0 Å².